The second-order valence-corrected chi connectivity index (χ2v) is 7.09. The first-order chi connectivity index (χ1) is 15.1. The normalized spacial score (nSPS) is 25.4. The van der Waals surface area contributed by atoms with Crippen molar-refractivity contribution < 1.29 is 28.8 Å². The lowest BCUT2D eigenvalue weighted by atomic mass is 9.96. The van der Waals surface area contributed by atoms with Crippen molar-refractivity contribution in [1.29, 1.82) is 0 Å². The van der Waals surface area contributed by atoms with Gasteiger partial charge >= 0.3 is 5.97 Å². The highest BCUT2D eigenvalue weighted by molar-refractivity contribution is 5.65. The molecule has 1 aliphatic rings. The smallest absolute Gasteiger partial charge is 0.302 e. The van der Waals surface area contributed by atoms with Gasteiger partial charge in [-0.15, -0.1) is 0 Å². The monoisotopic (exact) mass is 427 g/mol. The molecule has 0 bridgehead atoms. The van der Waals surface area contributed by atoms with Gasteiger partial charge in [0.1, 0.15) is 31.0 Å². The van der Waals surface area contributed by atoms with E-state index >= 15 is 0 Å². The summed E-state index contributed by atoms with van der Waals surface area (Å²) in [5.74, 6) is -0.487. The minimum atomic E-state index is -1.44. The highest BCUT2D eigenvalue weighted by Gasteiger charge is 2.47. The summed E-state index contributed by atoms with van der Waals surface area (Å²) in [4.78, 5) is 14.2. The third kappa shape index (κ3) is 6.52. The van der Waals surface area contributed by atoms with Gasteiger partial charge in [-0.1, -0.05) is 65.8 Å². The van der Waals surface area contributed by atoms with Crippen LogP contribution in [0, 0.1) is 0 Å². The Hall–Kier alpha value is -2.94. The number of aliphatic hydroxyl groups is 1. The first-order valence-corrected chi connectivity index (χ1v) is 9.90. The fourth-order valence-electron chi connectivity index (χ4n) is 3.35. The predicted molar refractivity (Wildman–Crippen MR) is 110 cm³/mol. The average Bonchev–Trinajstić information content (AvgIpc) is 2.78. The van der Waals surface area contributed by atoms with E-state index in [0.717, 1.165) is 11.1 Å². The van der Waals surface area contributed by atoms with Gasteiger partial charge in [-0.2, -0.15) is 0 Å². The molecule has 0 radical (unpaired) electrons. The number of nitrogens with zero attached hydrogens (tertiary/aromatic N) is 3. The zero-order chi connectivity index (χ0) is 22.1. The molecule has 1 fully saturated rings. The number of carbonyl (C=O) groups is 1. The molecule has 0 spiro atoms. The van der Waals surface area contributed by atoms with Gasteiger partial charge in [-0.05, 0) is 16.7 Å². The second-order valence-electron chi connectivity index (χ2n) is 7.09. The van der Waals surface area contributed by atoms with Crippen LogP contribution in [0.1, 0.15) is 18.1 Å². The number of hydrogen-bond acceptors (Lipinski definition) is 7. The van der Waals surface area contributed by atoms with Gasteiger partial charge in [0.15, 0.2) is 6.29 Å². The molecule has 2 aromatic rings. The third-order valence-electron chi connectivity index (χ3n) is 4.84. The predicted octanol–water partition coefficient (Wildman–Crippen LogP) is 3.12. The van der Waals surface area contributed by atoms with Gasteiger partial charge in [0.05, 0.1) is 13.2 Å². The van der Waals surface area contributed by atoms with Gasteiger partial charge in [0.25, 0.3) is 0 Å². The summed E-state index contributed by atoms with van der Waals surface area (Å²) in [6, 6.07) is 17.9. The van der Waals surface area contributed by atoms with Gasteiger partial charge in [0, 0.05) is 11.8 Å². The van der Waals surface area contributed by atoms with Crippen LogP contribution < -0.4 is 0 Å². The molecular formula is C22H25N3O6. The highest BCUT2D eigenvalue weighted by Crippen LogP contribution is 2.29. The Morgan fingerprint density at radius 3 is 2.10 bits per heavy atom. The lowest BCUT2D eigenvalue weighted by Gasteiger charge is -2.43. The van der Waals surface area contributed by atoms with E-state index in [1.165, 1.54) is 6.92 Å². The molecule has 1 heterocycles. The van der Waals surface area contributed by atoms with Crippen LogP contribution in [0.4, 0.5) is 0 Å². The van der Waals surface area contributed by atoms with Crippen LogP contribution in [-0.2, 0) is 37.0 Å². The number of benzene rings is 2. The molecule has 5 atom stereocenters. The molecular weight excluding hydrogens is 402 g/mol. The molecule has 0 amide bonds. The van der Waals surface area contributed by atoms with Crippen molar-refractivity contribution in [3.63, 3.8) is 0 Å². The topological polar surface area (TPSA) is 123 Å². The lowest BCUT2D eigenvalue weighted by Crippen LogP contribution is -2.59. The van der Waals surface area contributed by atoms with E-state index in [0.29, 0.717) is 0 Å². The molecule has 0 aromatic heterocycles. The Bertz CT molecular complexity index is 875. The number of rotatable bonds is 9. The van der Waals surface area contributed by atoms with Crippen LogP contribution in [0.25, 0.3) is 10.4 Å². The molecule has 2 aromatic carbocycles. The molecule has 3 rings (SSSR count). The average molecular weight is 427 g/mol. The molecule has 0 aliphatic carbocycles. The maximum atomic E-state index is 11.3. The fourth-order valence-corrected chi connectivity index (χ4v) is 3.35. The molecule has 9 heteroatoms. The second kappa shape index (κ2) is 11.5. The number of azide groups is 1. The molecule has 1 N–H and O–H groups in total. The van der Waals surface area contributed by atoms with Crippen LogP contribution >= 0.6 is 0 Å². The molecule has 1 saturated heterocycles. The largest absolute Gasteiger partial charge is 0.463 e. The Balaban J connectivity index is 1.83. The SMILES string of the molecule is CC(=O)OC[C@H]1O[C@H](O)[C@@H](N=[N+]=[N-])[C@@H](OCc2ccccc2)[C@@H]1OCc1ccccc1. The molecule has 0 unspecified atom stereocenters. The minimum Gasteiger partial charge on any atom is -0.463 e. The Morgan fingerprint density at radius 2 is 1.58 bits per heavy atom. The summed E-state index contributed by atoms with van der Waals surface area (Å²) >= 11 is 0. The van der Waals surface area contributed by atoms with Gasteiger partial charge in [0.2, 0.25) is 0 Å². The Kier molecular flexibility index (Phi) is 8.40. The fraction of sp³-hybridized carbons (Fsp3) is 0.409. The van der Waals surface area contributed by atoms with Crippen molar-refractivity contribution in [2.24, 2.45) is 5.11 Å². The van der Waals surface area contributed by atoms with Crippen molar-refractivity contribution in [3.8, 4) is 0 Å². The van der Waals surface area contributed by atoms with E-state index in [9.17, 15) is 9.90 Å². The molecule has 9 nitrogen and oxygen atoms in total. The third-order valence-corrected chi connectivity index (χ3v) is 4.84. The van der Waals surface area contributed by atoms with E-state index in [1.54, 1.807) is 0 Å². The molecule has 1 aliphatic heterocycles. The first-order valence-electron chi connectivity index (χ1n) is 9.90. The van der Waals surface area contributed by atoms with Crippen molar-refractivity contribution in [2.45, 2.75) is 50.8 Å². The zero-order valence-corrected chi connectivity index (χ0v) is 17.1. The minimum absolute atomic E-state index is 0.139. The number of aliphatic hydroxyl groups excluding tert-OH is 1. The Morgan fingerprint density at radius 1 is 1.03 bits per heavy atom. The van der Waals surface area contributed by atoms with E-state index in [1.807, 2.05) is 60.7 Å². The molecule has 31 heavy (non-hydrogen) atoms. The zero-order valence-electron chi connectivity index (χ0n) is 17.1. The first kappa shape index (κ1) is 22.7. The molecule has 164 valence electrons. The van der Waals surface area contributed by atoms with E-state index in [-0.39, 0.29) is 19.8 Å². The number of esters is 1. The van der Waals surface area contributed by atoms with Crippen LogP contribution in [0.3, 0.4) is 0 Å². The van der Waals surface area contributed by atoms with E-state index in [2.05, 4.69) is 10.0 Å². The van der Waals surface area contributed by atoms with Crippen LogP contribution in [0.5, 0.6) is 0 Å². The Labute approximate surface area is 180 Å². The van der Waals surface area contributed by atoms with Crippen molar-refractivity contribution >= 4 is 5.97 Å². The maximum absolute atomic E-state index is 11.3. The van der Waals surface area contributed by atoms with Gasteiger partial charge in [-0.25, -0.2) is 0 Å². The van der Waals surface area contributed by atoms with Crippen LogP contribution in [0.15, 0.2) is 65.8 Å². The van der Waals surface area contributed by atoms with Crippen LogP contribution in [0.2, 0.25) is 0 Å². The number of ether oxygens (including phenoxy) is 4. The molecule has 0 saturated carbocycles. The van der Waals surface area contributed by atoms with Gasteiger partial charge < -0.3 is 24.1 Å². The van der Waals surface area contributed by atoms with E-state index < -0.39 is 36.6 Å². The van der Waals surface area contributed by atoms with Crippen molar-refractivity contribution in [1.82, 2.24) is 0 Å². The summed E-state index contributed by atoms with van der Waals surface area (Å²) in [6.07, 6.45) is -3.84. The van der Waals surface area contributed by atoms with E-state index in [4.69, 9.17) is 24.5 Å². The number of hydrogen-bond donors (Lipinski definition) is 1. The van der Waals surface area contributed by atoms with Gasteiger partial charge in [-0.3, -0.25) is 4.79 Å². The van der Waals surface area contributed by atoms with Crippen molar-refractivity contribution in [2.75, 3.05) is 6.61 Å². The number of carbonyl (C=O) groups excluding carboxylic acids is 1. The lowest BCUT2D eigenvalue weighted by molar-refractivity contribution is -0.271. The van der Waals surface area contributed by atoms with Crippen molar-refractivity contribution in [3.05, 3.63) is 82.2 Å². The summed E-state index contributed by atoms with van der Waals surface area (Å²) in [7, 11) is 0. The summed E-state index contributed by atoms with van der Waals surface area (Å²) in [5.41, 5.74) is 10.8. The summed E-state index contributed by atoms with van der Waals surface area (Å²) < 4.78 is 22.9. The summed E-state index contributed by atoms with van der Waals surface area (Å²) in [5, 5.41) is 14.1. The highest BCUT2D eigenvalue weighted by atomic mass is 16.7. The quantitative estimate of drug-likeness (QED) is 0.284. The summed E-state index contributed by atoms with van der Waals surface area (Å²) in [6.45, 7) is 1.59. The standard InChI is InChI=1S/C22H25N3O6/c1-15(26)28-14-18-20(29-12-16-8-4-2-5-9-16)21(19(24-25-23)22(27)31-18)30-13-17-10-6-3-7-11-17/h2-11,18-22,27H,12-14H2,1H3/t18-,19+,20-,21-,22+/m1/s1. The maximum Gasteiger partial charge on any atom is 0.302 e. The van der Waals surface area contributed by atoms with Crippen LogP contribution in [-0.4, -0.2) is 48.3 Å².